The Morgan fingerprint density at radius 1 is 1.31 bits per heavy atom. The summed E-state index contributed by atoms with van der Waals surface area (Å²) in [6.45, 7) is 2.49. The first-order valence-corrected chi connectivity index (χ1v) is 8.33. The predicted molar refractivity (Wildman–Crippen MR) is 90.7 cm³/mol. The van der Waals surface area contributed by atoms with Crippen LogP contribution in [0.1, 0.15) is 28.9 Å². The van der Waals surface area contributed by atoms with Crippen LogP contribution in [0.2, 0.25) is 0 Å². The molecule has 1 aromatic heterocycles. The lowest BCUT2D eigenvalue weighted by atomic mass is 9.80. The van der Waals surface area contributed by atoms with Gasteiger partial charge in [0.05, 0.1) is 28.6 Å². The molecule has 2 heterocycles. The molecular weight excluding hydrogens is 341 g/mol. The number of amides is 1. The fourth-order valence-corrected chi connectivity index (χ4v) is 3.05. The summed E-state index contributed by atoms with van der Waals surface area (Å²) >= 11 is 0. The average Bonchev–Trinajstić information content (AvgIpc) is 3.02. The first-order valence-electron chi connectivity index (χ1n) is 8.33. The topological polar surface area (TPSA) is 93.5 Å². The van der Waals surface area contributed by atoms with Crippen LogP contribution in [0.15, 0.2) is 30.5 Å². The predicted octanol–water partition coefficient (Wildman–Crippen LogP) is 1.93. The quantitative estimate of drug-likeness (QED) is 0.849. The van der Waals surface area contributed by atoms with Gasteiger partial charge in [0.2, 0.25) is 0 Å². The average molecular weight is 361 g/mol. The van der Waals surface area contributed by atoms with Gasteiger partial charge in [-0.3, -0.25) is 9.59 Å². The number of benzene rings is 1. The number of carboxylic acids is 1. The van der Waals surface area contributed by atoms with E-state index < -0.39 is 11.4 Å². The summed E-state index contributed by atoms with van der Waals surface area (Å²) in [6, 6.07) is 5.77. The number of aliphatic carboxylic acids is 1. The zero-order valence-electron chi connectivity index (χ0n) is 14.4. The second kappa shape index (κ2) is 7.25. The molecule has 1 aliphatic heterocycles. The molecule has 1 fully saturated rings. The second-order valence-corrected chi connectivity index (χ2v) is 6.41. The number of hydrogen-bond donors (Lipinski definition) is 2. The molecule has 0 bridgehead atoms. The maximum Gasteiger partial charge on any atom is 0.311 e. The Morgan fingerprint density at radius 2 is 1.96 bits per heavy atom. The Bertz CT molecular complexity index is 810. The second-order valence-electron chi connectivity index (χ2n) is 6.41. The third-order valence-corrected chi connectivity index (χ3v) is 4.82. The molecule has 0 spiro atoms. The van der Waals surface area contributed by atoms with Crippen LogP contribution in [0.4, 0.5) is 4.39 Å². The van der Waals surface area contributed by atoms with Gasteiger partial charge in [-0.25, -0.2) is 9.07 Å². The van der Waals surface area contributed by atoms with Gasteiger partial charge in [0.15, 0.2) is 0 Å². The Hall–Kier alpha value is -2.74. The third kappa shape index (κ3) is 3.45. The lowest BCUT2D eigenvalue weighted by Crippen LogP contribution is -2.46. The van der Waals surface area contributed by atoms with Crippen molar-refractivity contribution in [1.82, 2.24) is 15.1 Å². The van der Waals surface area contributed by atoms with Crippen molar-refractivity contribution in [3.63, 3.8) is 0 Å². The van der Waals surface area contributed by atoms with Gasteiger partial charge in [0, 0.05) is 19.8 Å². The minimum Gasteiger partial charge on any atom is -0.481 e. The van der Waals surface area contributed by atoms with E-state index in [0.29, 0.717) is 43.0 Å². The number of rotatable bonds is 5. The van der Waals surface area contributed by atoms with Gasteiger partial charge in [0.25, 0.3) is 5.91 Å². The maximum atomic E-state index is 13.1. The fraction of sp³-hybridized carbons (Fsp3) is 0.389. The van der Waals surface area contributed by atoms with E-state index in [2.05, 4.69) is 10.4 Å². The highest BCUT2D eigenvalue weighted by Crippen LogP contribution is 2.30. The van der Waals surface area contributed by atoms with E-state index in [-0.39, 0.29) is 18.3 Å². The molecule has 138 valence electrons. The summed E-state index contributed by atoms with van der Waals surface area (Å²) in [5.41, 5.74) is 0.566. The Morgan fingerprint density at radius 3 is 2.58 bits per heavy atom. The molecule has 0 radical (unpaired) electrons. The summed E-state index contributed by atoms with van der Waals surface area (Å²) in [7, 11) is 0. The first-order chi connectivity index (χ1) is 12.4. The lowest BCUT2D eigenvalue weighted by molar-refractivity contribution is -0.154. The highest BCUT2D eigenvalue weighted by Gasteiger charge is 2.40. The van der Waals surface area contributed by atoms with Crippen LogP contribution in [0, 0.1) is 18.2 Å². The van der Waals surface area contributed by atoms with Crippen LogP contribution in [0.5, 0.6) is 0 Å². The molecule has 1 amide bonds. The van der Waals surface area contributed by atoms with Crippen molar-refractivity contribution >= 4 is 11.9 Å². The van der Waals surface area contributed by atoms with Crippen LogP contribution in [-0.2, 0) is 9.53 Å². The largest absolute Gasteiger partial charge is 0.481 e. The normalized spacial score (nSPS) is 16.2. The first kappa shape index (κ1) is 18.1. The van der Waals surface area contributed by atoms with Gasteiger partial charge in [-0.05, 0) is 44.0 Å². The summed E-state index contributed by atoms with van der Waals surface area (Å²) in [6.07, 6.45) is 2.14. The van der Waals surface area contributed by atoms with E-state index in [4.69, 9.17) is 4.74 Å². The van der Waals surface area contributed by atoms with Gasteiger partial charge in [0.1, 0.15) is 5.82 Å². The summed E-state index contributed by atoms with van der Waals surface area (Å²) in [5, 5.41) is 16.4. The number of hydrogen-bond acceptors (Lipinski definition) is 4. The number of carbonyl (C=O) groups excluding carboxylic acids is 1. The van der Waals surface area contributed by atoms with E-state index in [1.165, 1.54) is 23.0 Å². The smallest absolute Gasteiger partial charge is 0.311 e. The van der Waals surface area contributed by atoms with E-state index in [9.17, 15) is 19.1 Å². The standard InChI is InChI=1S/C18H20FN3O4/c1-12-15(10-21-22(12)14-4-2-13(19)3-5-14)16(23)20-11-18(17(24)25)6-8-26-9-7-18/h2-5,10H,6-9,11H2,1H3,(H,20,23)(H,24,25). The van der Waals surface area contributed by atoms with Crippen LogP contribution in [0.3, 0.4) is 0 Å². The van der Waals surface area contributed by atoms with Gasteiger partial charge in [-0.1, -0.05) is 0 Å². The lowest BCUT2D eigenvalue weighted by Gasteiger charge is -2.33. The molecule has 1 saturated heterocycles. The van der Waals surface area contributed by atoms with Crippen LogP contribution in [0.25, 0.3) is 5.69 Å². The van der Waals surface area contributed by atoms with Crippen molar-refractivity contribution in [3.8, 4) is 5.69 Å². The minimum atomic E-state index is -1.01. The van der Waals surface area contributed by atoms with Crippen LogP contribution < -0.4 is 5.32 Å². The number of ether oxygens (including phenoxy) is 1. The molecule has 1 aliphatic rings. The van der Waals surface area contributed by atoms with Gasteiger partial charge in [-0.15, -0.1) is 0 Å². The molecule has 26 heavy (non-hydrogen) atoms. The zero-order chi connectivity index (χ0) is 18.7. The highest BCUT2D eigenvalue weighted by molar-refractivity contribution is 5.95. The van der Waals surface area contributed by atoms with Crippen molar-refractivity contribution in [3.05, 3.63) is 47.5 Å². The highest BCUT2D eigenvalue weighted by atomic mass is 19.1. The molecule has 0 atom stereocenters. The summed E-state index contributed by atoms with van der Waals surface area (Å²) < 4.78 is 19.8. The number of nitrogens with one attached hydrogen (secondary N) is 1. The van der Waals surface area contributed by atoms with Crippen LogP contribution >= 0.6 is 0 Å². The Labute approximate surface area is 149 Å². The van der Waals surface area contributed by atoms with Gasteiger partial charge >= 0.3 is 5.97 Å². The maximum absolute atomic E-state index is 13.1. The molecule has 2 N–H and O–H groups in total. The number of carbonyl (C=O) groups is 2. The molecule has 0 unspecified atom stereocenters. The van der Waals surface area contributed by atoms with Gasteiger partial charge in [-0.2, -0.15) is 5.10 Å². The Kier molecular flexibility index (Phi) is 5.03. The van der Waals surface area contributed by atoms with Crippen LogP contribution in [-0.4, -0.2) is 46.5 Å². The van der Waals surface area contributed by atoms with Gasteiger partial charge < -0.3 is 15.2 Å². The third-order valence-electron chi connectivity index (χ3n) is 4.82. The van der Waals surface area contributed by atoms with Crippen molar-refractivity contribution in [2.24, 2.45) is 5.41 Å². The minimum absolute atomic E-state index is 0.0334. The molecule has 3 rings (SSSR count). The molecule has 1 aromatic carbocycles. The summed E-state index contributed by atoms with van der Waals surface area (Å²) in [5.74, 6) is -1.67. The Balaban J connectivity index is 1.74. The molecular formula is C18H20FN3O4. The van der Waals surface area contributed by atoms with E-state index in [1.807, 2.05) is 0 Å². The molecule has 7 nitrogen and oxygen atoms in total. The molecule has 8 heteroatoms. The van der Waals surface area contributed by atoms with Crippen molar-refractivity contribution < 1.29 is 23.8 Å². The summed E-state index contributed by atoms with van der Waals surface area (Å²) in [4.78, 5) is 24.2. The van der Waals surface area contributed by atoms with Crippen molar-refractivity contribution in [2.75, 3.05) is 19.8 Å². The number of halogens is 1. The fourth-order valence-electron chi connectivity index (χ4n) is 3.05. The van der Waals surface area contributed by atoms with Crippen molar-refractivity contribution in [1.29, 1.82) is 0 Å². The number of carboxylic acid groups (broad SMARTS) is 1. The van der Waals surface area contributed by atoms with E-state index in [0.717, 1.165) is 0 Å². The van der Waals surface area contributed by atoms with E-state index >= 15 is 0 Å². The molecule has 0 aliphatic carbocycles. The zero-order valence-corrected chi connectivity index (χ0v) is 14.4. The molecule has 0 saturated carbocycles. The monoisotopic (exact) mass is 361 g/mol. The number of nitrogens with zero attached hydrogens (tertiary/aromatic N) is 2. The SMILES string of the molecule is Cc1c(C(=O)NCC2(C(=O)O)CCOCC2)cnn1-c1ccc(F)cc1. The molecule has 2 aromatic rings. The number of aromatic nitrogens is 2. The van der Waals surface area contributed by atoms with E-state index in [1.54, 1.807) is 19.1 Å². The van der Waals surface area contributed by atoms with Crippen molar-refractivity contribution in [2.45, 2.75) is 19.8 Å².